The molecular weight excluding hydrogens is 255 g/mol. The lowest BCUT2D eigenvalue weighted by atomic mass is 10.2. The number of hydrogen-bond donors (Lipinski definition) is 2. The monoisotopic (exact) mass is 274 g/mol. The highest BCUT2D eigenvalue weighted by Crippen LogP contribution is 2.15. The Morgan fingerprint density at radius 2 is 1.94 bits per heavy atom. The first-order valence-corrected chi connectivity index (χ1v) is 7.43. The zero-order chi connectivity index (χ0) is 13.8. The van der Waals surface area contributed by atoms with Crippen molar-refractivity contribution < 1.29 is 12.8 Å². The molecule has 0 aliphatic heterocycles. The van der Waals surface area contributed by atoms with Gasteiger partial charge in [0.15, 0.2) is 0 Å². The second-order valence-corrected chi connectivity index (χ2v) is 5.81. The van der Waals surface area contributed by atoms with Crippen LogP contribution in [0.15, 0.2) is 23.1 Å². The summed E-state index contributed by atoms with van der Waals surface area (Å²) in [7, 11) is -3.61. The van der Waals surface area contributed by atoms with Crippen LogP contribution in [-0.4, -0.2) is 14.5 Å². The van der Waals surface area contributed by atoms with Crippen LogP contribution in [-0.2, 0) is 16.6 Å². The van der Waals surface area contributed by atoms with Crippen molar-refractivity contribution in [3.63, 3.8) is 0 Å². The zero-order valence-corrected chi connectivity index (χ0v) is 11.4. The first-order valence-electron chi connectivity index (χ1n) is 5.95. The molecule has 18 heavy (non-hydrogen) atoms. The molecule has 0 heterocycles. The van der Waals surface area contributed by atoms with Gasteiger partial charge in [-0.05, 0) is 31.0 Å². The van der Waals surface area contributed by atoms with E-state index in [0.717, 1.165) is 6.07 Å². The minimum atomic E-state index is -3.61. The van der Waals surface area contributed by atoms with Crippen molar-refractivity contribution in [1.82, 2.24) is 4.72 Å². The number of sulfonamides is 1. The van der Waals surface area contributed by atoms with E-state index in [1.807, 2.05) is 13.8 Å². The van der Waals surface area contributed by atoms with Gasteiger partial charge in [-0.15, -0.1) is 0 Å². The van der Waals surface area contributed by atoms with Gasteiger partial charge in [-0.3, -0.25) is 0 Å². The number of nitrogens with one attached hydrogen (secondary N) is 1. The largest absolute Gasteiger partial charge is 0.326 e. The maximum atomic E-state index is 13.3. The lowest BCUT2D eigenvalue weighted by Gasteiger charge is -2.15. The standard InChI is InChI=1S/C12H19FN2O2S/c1-3-10(4-2)15-18(16,17)11-5-6-12(13)9(7-11)8-14/h5-7,10,15H,3-4,8,14H2,1-2H3. The molecule has 0 saturated heterocycles. The Morgan fingerprint density at radius 1 is 1.33 bits per heavy atom. The maximum Gasteiger partial charge on any atom is 0.240 e. The van der Waals surface area contributed by atoms with Gasteiger partial charge in [-0.2, -0.15) is 0 Å². The van der Waals surface area contributed by atoms with E-state index in [1.165, 1.54) is 12.1 Å². The van der Waals surface area contributed by atoms with Crippen molar-refractivity contribution >= 4 is 10.0 Å². The summed E-state index contributed by atoms with van der Waals surface area (Å²) in [6, 6.07) is 3.55. The predicted molar refractivity (Wildman–Crippen MR) is 69.0 cm³/mol. The Balaban J connectivity index is 3.05. The molecule has 0 radical (unpaired) electrons. The fourth-order valence-electron chi connectivity index (χ4n) is 1.62. The highest BCUT2D eigenvalue weighted by Gasteiger charge is 2.19. The minimum absolute atomic E-state index is 0.0276. The van der Waals surface area contributed by atoms with Crippen LogP contribution in [0.3, 0.4) is 0 Å². The number of benzene rings is 1. The third-order valence-electron chi connectivity index (χ3n) is 2.85. The van der Waals surface area contributed by atoms with Gasteiger partial charge in [0.05, 0.1) is 4.90 Å². The van der Waals surface area contributed by atoms with Crippen LogP contribution in [0, 0.1) is 5.82 Å². The number of rotatable bonds is 6. The molecule has 1 aromatic rings. The van der Waals surface area contributed by atoms with Gasteiger partial charge >= 0.3 is 0 Å². The lowest BCUT2D eigenvalue weighted by Crippen LogP contribution is -2.33. The van der Waals surface area contributed by atoms with Gasteiger partial charge in [0, 0.05) is 18.2 Å². The van der Waals surface area contributed by atoms with Gasteiger partial charge in [0.2, 0.25) is 10.0 Å². The predicted octanol–water partition coefficient (Wildman–Crippen LogP) is 1.75. The van der Waals surface area contributed by atoms with E-state index in [9.17, 15) is 12.8 Å². The highest BCUT2D eigenvalue weighted by atomic mass is 32.2. The first-order chi connectivity index (χ1) is 8.44. The van der Waals surface area contributed by atoms with Crippen molar-refractivity contribution in [2.75, 3.05) is 0 Å². The molecule has 6 heteroatoms. The fourth-order valence-corrected chi connectivity index (χ4v) is 3.07. The van der Waals surface area contributed by atoms with Gasteiger partial charge in [0.1, 0.15) is 5.82 Å². The number of halogens is 1. The third-order valence-corrected chi connectivity index (χ3v) is 4.37. The first kappa shape index (κ1) is 15.1. The van der Waals surface area contributed by atoms with Gasteiger partial charge < -0.3 is 5.73 Å². The molecule has 1 aromatic carbocycles. The Morgan fingerprint density at radius 3 is 2.44 bits per heavy atom. The maximum absolute atomic E-state index is 13.3. The van der Waals surface area contributed by atoms with Gasteiger partial charge in [-0.25, -0.2) is 17.5 Å². The Bertz CT molecular complexity index is 499. The van der Waals surface area contributed by atoms with E-state index in [0.29, 0.717) is 12.8 Å². The zero-order valence-electron chi connectivity index (χ0n) is 10.6. The topological polar surface area (TPSA) is 72.2 Å². The molecule has 1 rings (SSSR count). The van der Waals surface area contributed by atoms with Crippen molar-refractivity contribution in [2.45, 2.75) is 44.2 Å². The van der Waals surface area contributed by atoms with Crippen LogP contribution in [0.25, 0.3) is 0 Å². The van der Waals surface area contributed by atoms with E-state index < -0.39 is 15.8 Å². The summed E-state index contributed by atoms with van der Waals surface area (Å²) >= 11 is 0. The molecular formula is C12H19FN2O2S. The van der Waals surface area contributed by atoms with Crippen molar-refractivity contribution in [3.8, 4) is 0 Å². The quantitative estimate of drug-likeness (QED) is 0.830. The molecule has 0 aliphatic carbocycles. The summed E-state index contributed by atoms with van der Waals surface area (Å²) < 4.78 is 40.0. The van der Waals surface area contributed by atoms with E-state index in [2.05, 4.69) is 4.72 Å². The summed E-state index contributed by atoms with van der Waals surface area (Å²) in [5, 5.41) is 0. The second kappa shape index (κ2) is 6.26. The molecule has 0 fully saturated rings. The van der Waals surface area contributed by atoms with Crippen LogP contribution in [0.1, 0.15) is 32.3 Å². The molecule has 0 spiro atoms. The average Bonchev–Trinajstić information content (AvgIpc) is 2.36. The molecule has 0 amide bonds. The van der Waals surface area contributed by atoms with E-state index >= 15 is 0 Å². The van der Waals surface area contributed by atoms with Crippen molar-refractivity contribution in [3.05, 3.63) is 29.6 Å². The SMILES string of the molecule is CCC(CC)NS(=O)(=O)c1ccc(F)c(CN)c1. The Labute approximate surface area is 107 Å². The van der Waals surface area contributed by atoms with E-state index in [1.54, 1.807) is 0 Å². The number of nitrogens with two attached hydrogens (primary N) is 1. The molecule has 4 nitrogen and oxygen atoms in total. The summed E-state index contributed by atoms with van der Waals surface area (Å²) in [5.74, 6) is -0.487. The molecule has 0 unspecified atom stereocenters. The fraction of sp³-hybridized carbons (Fsp3) is 0.500. The van der Waals surface area contributed by atoms with Crippen LogP contribution in [0.4, 0.5) is 4.39 Å². The molecule has 0 aromatic heterocycles. The Kier molecular flexibility index (Phi) is 5.25. The van der Waals surface area contributed by atoms with E-state index in [4.69, 9.17) is 5.73 Å². The molecule has 102 valence electrons. The number of hydrogen-bond acceptors (Lipinski definition) is 3. The molecule has 0 atom stereocenters. The van der Waals surface area contributed by atoms with Crippen LogP contribution in [0.5, 0.6) is 0 Å². The van der Waals surface area contributed by atoms with Gasteiger partial charge in [0.25, 0.3) is 0 Å². The summed E-state index contributed by atoms with van der Waals surface area (Å²) in [6.07, 6.45) is 1.42. The minimum Gasteiger partial charge on any atom is -0.326 e. The second-order valence-electron chi connectivity index (χ2n) is 4.09. The van der Waals surface area contributed by atoms with Crippen molar-refractivity contribution in [2.24, 2.45) is 5.73 Å². The summed E-state index contributed by atoms with van der Waals surface area (Å²) in [5.41, 5.74) is 5.56. The van der Waals surface area contributed by atoms with Crippen LogP contribution >= 0.6 is 0 Å². The summed E-state index contributed by atoms with van der Waals surface area (Å²) in [6.45, 7) is 3.79. The average molecular weight is 274 g/mol. The lowest BCUT2D eigenvalue weighted by molar-refractivity contribution is 0.529. The third kappa shape index (κ3) is 3.51. The normalized spacial score (nSPS) is 12.1. The Hall–Kier alpha value is -0.980. The van der Waals surface area contributed by atoms with Crippen LogP contribution in [0.2, 0.25) is 0 Å². The molecule has 0 saturated carbocycles. The van der Waals surface area contributed by atoms with E-state index in [-0.39, 0.29) is 23.0 Å². The highest BCUT2D eigenvalue weighted by molar-refractivity contribution is 7.89. The smallest absolute Gasteiger partial charge is 0.240 e. The summed E-state index contributed by atoms with van der Waals surface area (Å²) in [4.78, 5) is 0.0521. The van der Waals surface area contributed by atoms with Crippen LogP contribution < -0.4 is 10.5 Å². The van der Waals surface area contributed by atoms with Gasteiger partial charge in [-0.1, -0.05) is 13.8 Å². The van der Waals surface area contributed by atoms with Crippen molar-refractivity contribution in [1.29, 1.82) is 0 Å². The molecule has 3 N–H and O–H groups in total. The molecule has 0 bridgehead atoms. The molecule has 0 aliphatic rings.